The molecule has 0 aliphatic rings. The van der Waals surface area contributed by atoms with Crippen molar-refractivity contribution in [2.45, 2.75) is 70.6 Å². The van der Waals surface area contributed by atoms with Gasteiger partial charge in [0.2, 0.25) is 17.7 Å². The van der Waals surface area contributed by atoms with Gasteiger partial charge in [-0.05, 0) is 37.7 Å². The summed E-state index contributed by atoms with van der Waals surface area (Å²) in [5.74, 6) is -4.01. The quantitative estimate of drug-likeness (QED) is 0.187. The molecule has 178 valence electrons. The van der Waals surface area contributed by atoms with E-state index in [2.05, 4.69) is 16.0 Å². The fraction of sp³-hybridized carbons (Fsp3) is 0.737. The highest BCUT2D eigenvalue weighted by Crippen LogP contribution is 2.08. The fourth-order valence-electron chi connectivity index (χ4n) is 2.47. The number of aliphatic carboxylic acids is 2. The largest absolute Gasteiger partial charge is 0.481 e. The minimum absolute atomic E-state index is 0.101. The van der Waals surface area contributed by atoms with Crippen molar-refractivity contribution in [2.75, 3.05) is 12.0 Å². The van der Waals surface area contributed by atoms with E-state index in [4.69, 9.17) is 15.9 Å². The Balaban J connectivity index is 5.39. The predicted molar refractivity (Wildman–Crippen MR) is 116 cm³/mol. The molecule has 0 aromatic heterocycles. The van der Waals surface area contributed by atoms with Gasteiger partial charge >= 0.3 is 11.9 Å². The van der Waals surface area contributed by atoms with Crippen LogP contribution in [-0.2, 0) is 24.0 Å². The predicted octanol–water partition coefficient (Wildman–Crippen LogP) is -0.463. The highest BCUT2D eigenvalue weighted by Gasteiger charge is 2.30. The Morgan fingerprint density at radius 2 is 1.42 bits per heavy atom. The summed E-state index contributed by atoms with van der Waals surface area (Å²) in [4.78, 5) is 59.5. The Kier molecular flexibility index (Phi) is 13.5. The lowest BCUT2D eigenvalue weighted by molar-refractivity contribution is -0.142. The second-order valence-corrected chi connectivity index (χ2v) is 8.30. The van der Waals surface area contributed by atoms with E-state index in [1.807, 2.05) is 20.1 Å². The Morgan fingerprint density at radius 3 is 1.90 bits per heavy atom. The molecule has 3 amide bonds. The molecule has 11 nitrogen and oxygen atoms in total. The summed E-state index contributed by atoms with van der Waals surface area (Å²) in [6, 6.07) is -4.29. The lowest BCUT2D eigenvalue weighted by Gasteiger charge is -2.25. The van der Waals surface area contributed by atoms with Crippen LogP contribution in [0.15, 0.2) is 0 Å². The average molecular weight is 463 g/mol. The van der Waals surface area contributed by atoms with E-state index >= 15 is 0 Å². The molecular formula is C19H34N4O7S. The van der Waals surface area contributed by atoms with Gasteiger partial charge in [0.15, 0.2) is 0 Å². The highest BCUT2D eigenvalue weighted by atomic mass is 32.2. The maximum absolute atomic E-state index is 12.8. The van der Waals surface area contributed by atoms with Gasteiger partial charge in [0, 0.05) is 6.42 Å². The summed E-state index contributed by atoms with van der Waals surface area (Å²) in [5, 5.41) is 25.1. The molecule has 0 saturated carbocycles. The van der Waals surface area contributed by atoms with E-state index in [0.717, 1.165) is 0 Å². The zero-order valence-electron chi connectivity index (χ0n) is 18.3. The van der Waals surface area contributed by atoms with E-state index in [-0.39, 0.29) is 18.8 Å². The van der Waals surface area contributed by atoms with Crippen LogP contribution in [0.5, 0.6) is 0 Å². The SMILES string of the molecule is CCC(C)C(N)C(=O)NC(CCSC)C(=O)NC(CCC(=O)O)C(=O)NC(C)C(=O)O. The maximum atomic E-state index is 12.8. The number of carbonyl (C=O) groups excluding carboxylic acids is 3. The van der Waals surface area contributed by atoms with E-state index in [1.165, 1.54) is 18.7 Å². The van der Waals surface area contributed by atoms with Crippen LogP contribution in [-0.4, -0.2) is 76.0 Å². The van der Waals surface area contributed by atoms with Crippen molar-refractivity contribution in [2.24, 2.45) is 11.7 Å². The van der Waals surface area contributed by atoms with Crippen LogP contribution in [0, 0.1) is 5.92 Å². The summed E-state index contributed by atoms with van der Waals surface area (Å²) < 4.78 is 0. The van der Waals surface area contributed by atoms with Gasteiger partial charge in [0.05, 0.1) is 6.04 Å². The second kappa shape index (κ2) is 14.6. The fourth-order valence-corrected chi connectivity index (χ4v) is 2.94. The van der Waals surface area contributed by atoms with Crippen LogP contribution >= 0.6 is 11.8 Å². The monoisotopic (exact) mass is 462 g/mol. The number of carbonyl (C=O) groups is 5. The topological polar surface area (TPSA) is 188 Å². The van der Waals surface area contributed by atoms with E-state index in [9.17, 15) is 24.0 Å². The molecular weight excluding hydrogens is 428 g/mol. The third kappa shape index (κ3) is 11.0. The number of carboxylic acids is 2. The van der Waals surface area contributed by atoms with E-state index in [1.54, 1.807) is 0 Å². The summed E-state index contributed by atoms with van der Waals surface area (Å²) in [6.07, 6.45) is 2.12. The molecule has 0 saturated heterocycles. The summed E-state index contributed by atoms with van der Waals surface area (Å²) in [7, 11) is 0. The zero-order valence-corrected chi connectivity index (χ0v) is 19.2. The van der Waals surface area contributed by atoms with Gasteiger partial charge in [0.25, 0.3) is 0 Å². The van der Waals surface area contributed by atoms with Crippen molar-refractivity contribution in [3.63, 3.8) is 0 Å². The first-order chi connectivity index (χ1) is 14.4. The average Bonchev–Trinajstić information content (AvgIpc) is 2.71. The van der Waals surface area contributed by atoms with Gasteiger partial charge in [-0.1, -0.05) is 20.3 Å². The van der Waals surface area contributed by atoms with Crippen molar-refractivity contribution in [1.29, 1.82) is 0 Å². The molecule has 0 bridgehead atoms. The number of thioether (sulfide) groups is 1. The number of hydrogen-bond donors (Lipinski definition) is 6. The minimum Gasteiger partial charge on any atom is -0.481 e. The number of amides is 3. The van der Waals surface area contributed by atoms with Gasteiger partial charge in [-0.25, -0.2) is 0 Å². The standard InChI is InChI=1S/C19H34N4O7S/c1-5-10(2)15(20)18(28)23-13(8-9-31-4)17(27)22-12(6-7-14(24)25)16(26)21-11(3)19(29)30/h10-13,15H,5-9,20H2,1-4H3,(H,21,26)(H,22,27)(H,23,28)(H,24,25)(H,29,30). The summed E-state index contributed by atoms with van der Waals surface area (Å²) >= 11 is 1.46. The summed E-state index contributed by atoms with van der Waals surface area (Å²) in [5.41, 5.74) is 5.93. The normalized spacial score (nSPS) is 15.6. The first kappa shape index (κ1) is 28.7. The first-order valence-electron chi connectivity index (χ1n) is 10.0. The number of hydrogen-bond acceptors (Lipinski definition) is 7. The number of carboxylic acid groups (broad SMARTS) is 2. The van der Waals surface area contributed by atoms with Crippen LogP contribution in [0.2, 0.25) is 0 Å². The Labute approximate surface area is 186 Å². The second-order valence-electron chi connectivity index (χ2n) is 7.32. The van der Waals surface area contributed by atoms with Crippen molar-refractivity contribution < 1.29 is 34.2 Å². The van der Waals surface area contributed by atoms with Gasteiger partial charge in [-0.15, -0.1) is 0 Å². The van der Waals surface area contributed by atoms with Crippen molar-refractivity contribution in [3.05, 3.63) is 0 Å². The highest BCUT2D eigenvalue weighted by molar-refractivity contribution is 7.98. The molecule has 0 heterocycles. The summed E-state index contributed by atoms with van der Waals surface area (Å²) in [6.45, 7) is 4.95. The van der Waals surface area contributed by atoms with Crippen LogP contribution in [0.3, 0.4) is 0 Å². The molecule has 0 aromatic carbocycles. The molecule has 12 heteroatoms. The molecule has 0 aliphatic carbocycles. The molecule has 0 aliphatic heterocycles. The molecule has 31 heavy (non-hydrogen) atoms. The van der Waals surface area contributed by atoms with Crippen molar-refractivity contribution >= 4 is 41.4 Å². The number of rotatable bonds is 15. The molecule has 0 rings (SSSR count). The zero-order chi connectivity index (χ0) is 24.1. The maximum Gasteiger partial charge on any atom is 0.325 e. The molecule has 7 N–H and O–H groups in total. The Bertz CT molecular complexity index is 647. The third-order valence-electron chi connectivity index (χ3n) is 4.81. The van der Waals surface area contributed by atoms with Crippen LogP contribution in [0.4, 0.5) is 0 Å². The van der Waals surface area contributed by atoms with E-state index < -0.39 is 60.2 Å². The van der Waals surface area contributed by atoms with E-state index in [0.29, 0.717) is 12.2 Å². The van der Waals surface area contributed by atoms with Crippen LogP contribution in [0.1, 0.15) is 46.5 Å². The van der Waals surface area contributed by atoms with Gasteiger partial charge in [-0.3, -0.25) is 24.0 Å². The molecule has 5 unspecified atom stereocenters. The molecule has 0 aromatic rings. The van der Waals surface area contributed by atoms with Crippen LogP contribution < -0.4 is 21.7 Å². The van der Waals surface area contributed by atoms with Crippen LogP contribution in [0.25, 0.3) is 0 Å². The number of nitrogens with two attached hydrogens (primary N) is 1. The smallest absolute Gasteiger partial charge is 0.325 e. The van der Waals surface area contributed by atoms with Crippen molar-refractivity contribution in [3.8, 4) is 0 Å². The lowest BCUT2D eigenvalue weighted by Crippen LogP contribution is -2.57. The lowest BCUT2D eigenvalue weighted by atomic mass is 9.99. The first-order valence-corrected chi connectivity index (χ1v) is 11.4. The molecule has 0 fully saturated rings. The Hall–Kier alpha value is -2.34. The van der Waals surface area contributed by atoms with Gasteiger partial charge < -0.3 is 31.9 Å². The molecule has 0 radical (unpaired) electrons. The van der Waals surface area contributed by atoms with Gasteiger partial charge in [0.1, 0.15) is 18.1 Å². The Morgan fingerprint density at radius 1 is 0.903 bits per heavy atom. The van der Waals surface area contributed by atoms with Crippen molar-refractivity contribution in [1.82, 2.24) is 16.0 Å². The third-order valence-corrected chi connectivity index (χ3v) is 5.46. The minimum atomic E-state index is -1.28. The molecule has 5 atom stereocenters. The van der Waals surface area contributed by atoms with Gasteiger partial charge in [-0.2, -0.15) is 11.8 Å². The number of nitrogens with one attached hydrogen (secondary N) is 3. The molecule has 0 spiro atoms.